The minimum atomic E-state index is -0.124. The third-order valence-electron chi connectivity index (χ3n) is 3.17. The van der Waals surface area contributed by atoms with E-state index in [9.17, 15) is 0 Å². The smallest absolute Gasteiger partial charge is 0.153 e. The number of nitrogens with two attached hydrogens (primary N) is 1. The van der Waals surface area contributed by atoms with Gasteiger partial charge in [0.2, 0.25) is 0 Å². The molecule has 16 heavy (non-hydrogen) atoms. The molecule has 1 fully saturated rings. The second-order valence-electron chi connectivity index (χ2n) is 5.42. The highest BCUT2D eigenvalue weighted by atomic mass is 32.2. The molecule has 2 aliphatic rings. The Morgan fingerprint density at radius 3 is 2.81 bits per heavy atom. The van der Waals surface area contributed by atoms with Gasteiger partial charge in [0.05, 0.1) is 4.90 Å². The number of thioether (sulfide) groups is 1. The van der Waals surface area contributed by atoms with Gasteiger partial charge < -0.3 is 10.5 Å². The first-order chi connectivity index (χ1) is 7.46. The maximum absolute atomic E-state index is 6.13. The Morgan fingerprint density at radius 2 is 2.12 bits per heavy atom. The highest BCUT2D eigenvalue weighted by Gasteiger charge is 2.38. The molecule has 2 N–H and O–H groups in total. The van der Waals surface area contributed by atoms with E-state index < -0.39 is 0 Å². The first-order valence-corrected chi connectivity index (χ1v) is 6.57. The molecule has 1 saturated carbocycles. The van der Waals surface area contributed by atoms with Crippen LogP contribution in [-0.2, 0) is 6.42 Å². The van der Waals surface area contributed by atoms with Gasteiger partial charge in [-0.1, -0.05) is 17.8 Å². The van der Waals surface area contributed by atoms with Gasteiger partial charge in [-0.05, 0) is 50.8 Å². The summed E-state index contributed by atoms with van der Waals surface area (Å²) in [5, 5.41) is 0. The molecule has 0 aromatic heterocycles. The van der Waals surface area contributed by atoms with Gasteiger partial charge in [0.15, 0.2) is 4.93 Å². The Balaban J connectivity index is 1.84. The predicted molar refractivity (Wildman–Crippen MR) is 66.9 cm³/mol. The topological polar surface area (TPSA) is 35.2 Å². The third kappa shape index (κ3) is 1.94. The normalized spacial score (nSPS) is 23.7. The van der Waals surface area contributed by atoms with Gasteiger partial charge in [-0.25, -0.2) is 0 Å². The molecule has 0 atom stereocenters. The maximum atomic E-state index is 6.13. The van der Waals surface area contributed by atoms with Crippen LogP contribution < -0.4 is 10.5 Å². The fraction of sp³-hybridized carbons (Fsp3) is 0.538. The number of ether oxygens (including phenoxy) is 1. The third-order valence-corrected chi connectivity index (χ3v) is 4.30. The van der Waals surface area contributed by atoms with Crippen LogP contribution >= 0.6 is 11.8 Å². The lowest BCUT2D eigenvalue weighted by molar-refractivity contribution is 0.214. The van der Waals surface area contributed by atoms with Crippen LogP contribution in [0.2, 0.25) is 0 Å². The second kappa shape index (κ2) is 3.17. The number of hydrogen-bond acceptors (Lipinski definition) is 3. The molecule has 1 aliphatic heterocycles. The van der Waals surface area contributed by atoms with Gasteiger partial charge in [0.25, 0.3) is 0 Å². The summed E-state index contributed by atoms with van der Waals surface area (Å²) in [6, 6.07) is 6.50. The van der Waals surface area contributed by atoms with Crippen molar-refractivity contribution in [3.8, 4) is 5.75 Å². The molecule has 0 radical (unpaired) electrons. The van der Waals surface area contributed by atoms with Crippen LogP contribution in [0, 0.1) is 0 Å². The lowest BCUT2D eigenvalue weighted by atomic mass is 10.0. The number of rotatable bonds is 2. The molecule has 86 valence electrons. The van der Waals surface area contributed by atoms with Crippen LogP contribution in [0.4, 0.5) is 0 Å². The van der Waals surface area contributed by atoms with E-state index in [1.165, 1.54) is 10.5 Å². The second-order valence-corrected chi connectivity index (χ2v) is 7.05. The zero-order valence-electron chi connectivity index (χ0n) is 9.75. The van der Waals surface area contributed by atoms with Crippen LogP contribution in [0.1, 0.15) is 32.3 Å². The van der Waals surface area contributed by atoms with Crippen molar-refractivity contribution in [1.82, 2.24) is 0 Å². The van der Waals surface area contributed by atoms with Crippen molar-refractivity contribution < 1.29 is 4.74 Å². The average Bonchev–Trinajstić information content (AvgIpc) is 2.78. The largest absolute Gasteiger partial charge is 0.476 e. The van der Waals surface area contributed by atoms with E-state index >= 15 is 0 Å². The quantitative estimate of drug-likeness (QED) is 0.856. The fourth-order valence-corrected chi connectivity index (χ4v) is 3.12. The molecule has 0 bridgehead atoms. The first kappa shape index (κ1) is 10.5. The SMILES string of the molecule is CC1(C)Oc2cc(CC3(N)CC3)ccc2S1. The standard InChI is InChI=1S/C13H17NOS/c1-12(2)15-10-7-9(3-4-11(10)16-12)8-13(14)5-6-13/h3-4,7H,5-6,8,14H2,1-2H3. The van der Waals surface area contributed by atoms with E-state index in [4.69, 9.17) is 10.5 Å². The molecule has 0 unspecified atom stereocenters. The Bertz CT molecular complexity index is 438. The van der Waals surface area contributed by atoms with Gasteiger partial charge in [-0.15, -0.1) is 0 Å². The molecule has 3 rings (SSSR count). The Labute approximate surface area is 101 Å². The molecule has 3 heteroatoms. The molecule has 0 amide bonds. The summed E-state index contributed by atoms with van der Waals surface area (Å²) in [7, 11) is 0. The van der Waals surface area contributed by atoms with Crippen LogP contribution in [0.15, 0.2) is 23.1 Å². The van der Waals surface area contributed by atoms with Gasteiger partial charge >= 0.3 is 0 Å². The summed E-state index contributed by atoms with van der Waals surface area (Å²) in [6.45, 7) is 4.20. The van der Waals surface area contributed by atoms with Crippen molar-refractivity contribution in [2.24, 2.45) is 5.73 Å². The van der Waals surface area contributed by atoms with Crippen molar-refractivity contribution >= 4 is 11.8 Å². The van der Waals surface area contributed by atoms with Crippen LogP contribution in [0.3, 0.4) is 0 Å². The molecule has 1 aliphatic carbocycles. The highest BCUT2D eigenvalue weighted by molar-refractivity contribution is 8.00. The Kier molecular flexibility index (Phi) is 2.08. The monoisotopic (exact) mass is 235 g/mol. The number of benzene rings is 1. The van der Waals surface area contributed by atoms with Gasteiger partial charge in [-0.3, -0.25) is 0 Å². The average molecular weight is 235 g/mol. The zero-order valence-corrected chi connectivity index (χ0v) is 10.6. The Morgan fingerprint density at radius 1 is 1.38 bits per heavy atom. The summed E-state index contributed by atoms with van der Waals surface area (Å²) < 4.78 is 5.89. The van der Waals surface area contributed by atoms with E-state index in [-0.39, 0.29) is 10.5 Å². The molecular formula is C13H17NOS. The van der Waals surface area contributed by atoms with Crippen LogP contribution in [-0.4, -0.2) is 10.5 Å². The van der Waals surface area contributed by atoms with E-state index in [1.807, 2.05) is 0 Å². The molecule has 0 saturated heterocycles. The lowest BCUT2D eigenvalue weighted by Crippen LogP contribution is -2.24. The zero-order chi connectivity index (χ0) is 11.4. The summed E-state index contributed by atoms with van der Waals surface area (Å²) in [5.74, 6) is 1.02. The van der Waals surface area contributed by atoms with Crippen molar-refractivity contribution in [3.05, 3.63) is 23.8 Å². The minimum absolute atomic E-state index is 0.0789. The van der Waals surface area contributed by atoms with Crippen LogP contribution in [0.25, 0.3) is 0 Å². The van der Waals surface area contributed by atoms with E-state index in [0.717, 1.165) is 25.0 Å². The van der Waals surface area contributed by atoms with Crippen LogP contribution in [0.5, 0.6) is 5.75 Å². The minimum Gasteiger partial charge on any atom is -0.476 e. The predicted octanol–water partition coefficient (Wildman–Crippen LogP) is 2.94. The Hall–Kier alpha value is -0.670. The molecular weight excluding hydrogens is 218 g/mol. The molecule has 1 aromatic rings. The van der Waals surface area contributed by atoms with E-state index in [2.05, 4.69) is 32.0 Å². The highest BCUT2D eigenvalue weighted by Crippen LogP contribution is 2.47. The number of hydrogen-bond donors (Lipinski definition) is 1. The maximum Gasteiger partial charge on any atom is 0.153 e. The molecule has 0 spiro atoms. The van der Waals surface area contributed by atoms with Gasteiger partial charge in [0.1, 0.15) is 5.75 Å². The van der Waals surface area contributed by atoms with Gasteiger partial charge in [0, 0.05) is 5.54 Å². The van der Waals surface area contributed by atoms with Crippen molar-refractivity contribution in [3.63, 3.8) is 0 Å². The fourth-order valence-electron chi connectivity index (χ4n) is 2.12. The summed E-state index contributed by atoms with van der Waals surface area (Å²) in [6.07, 6.45) is 3.30. The molecule has 2 nitrogen and oxygen atoms in total. The number of fused-ring (bicyclic) bond motifs is 1. The van der Waals surface area contributed by atoms with E-state index in [0.29, 0.717) is 0 Å². The lowest BCUT2D eigenvalue weighted by Gasteiger charge is -2.15. The molecule has 1 heterocycles. The summed E-state index contributed by atoms with van der Waals surface area (Å²) in [5.41, 5.74) is 7.51. The van der Waals surface area contributed by atoms with Gasteiger partial charge in [-0.2, -0.15) is 0 Å². The summed E-state index contributed by atoms with van der Waals surface area (Å²) in [4.78, 5) is 1.12. The van der Waals surface area contributed by atoms with Crippen molar-refractivity contribution in [1.29, 1.82) is 0 Å². The summed E-state index contributed by atoms with van der Waals surface area (Å²) >= 11 is 1.78. The van der Waals surface area contributed by atoms with Crippen molar-refractivity contribution in [2.45, 2.75) is 48.5 Å². The molecule has 1 aromatic carbocycles. The van der Waals surface area contributed by atoms with Crippen molar-refractivity contribution in [2.75, 3.05) is 0 Å². The first-order valence-electron chi connectivity index (χ1n) is 5.76. The van der Waals surface area contributed by atoms with E-state index in [1.54, 1.807) is 11.8 Å².